The van der Waals surface area contributed by atoms with E-state index in [9.17, 15) is 0 Å². The molecule has 0 fully saturated rings. The van der Waals surface area contributed by atoms with E-state index >= 15 is 4.39 Å². The maximum Gasteiger partial charge on any atom is 0.139 e. The third kappa shape index (κ3) is 2.98. The van der Waals surface area contributed by atoms with E-state index in [0.29, 0.717) is 23.4 Å². The molecule has 1 aliphatic heterocycles. The van der Waals surface area contributed by atoms with Crippen molar-refractivity contribution in [3.63, 3.8) is 0 Å². The lowest BCUT2D eigenvalue weighted by Gasteiger charge is -2.25. The van der Waals surface area contributed by atoms with Crippen LogP contribution in [0.1, 0.15) is 5.56 Å². The molecule has 1 aromatic heterocycles. The van der Waals surface area contributed by atoms with Gasteiger partial charge >= 0.3 is 0 Å². The third-order valence-corrected chi connectivity index (χ3v) is 4.56. The van der Waals surface area contributed by atoms with Gasteiger partial charge in [-0.05, 0) is 43.4 Å². The molecule has 4 rings (SSSR count). The molecule has 2 heterocycles. The summed E-state index contributed by atoms with van der Waals surface area (Å²) in [4.78, 5) is 4.33. The molecule has 0 bridgehead atoms. The van der Waals surface area contributed by atoms with E-state index in [-0.39, 0.29) is 5.82 Å². The molecule has 0 unspecified atom stereocenters. The summed E-state index contributed by atoms with van der Waals surface area (Å²) in [7, 11) is 2.02. The van der Waals surface area contributed by atoms with Crippen LogP contribution in [0, 0.1) is 5.82 Å². The highest BCUT2D eigenvalue weighted by Gasteiger charge is 2.24. The standard InChI is InChI=1S/C20H19FN4/c1-24-12-13-25(15-6-3-2-4-7-15)19-10-9-16(20(21)17(19)14-24)18-8-5-11-22-23-18/h2-11H,12-14H2,1H3. The number of para-hydroxylation sites is 1. The van der Waals surface area contributed by atoms with Crippen molar-refractivity contribution < 1.29 is 4.39 Å². The fourth-order valence-electron chi connectivity index (χ4n) is 3.27. The molecule has 0 N–H and O–H groups in total. The summed E-state index contributed by atoms with van der Waals surface area (Å²) in [5.41, 5.74) is 3.74. The summed E-state index contributed by atoms with van der Waals surface area (Å²) in [6.45, 7) is 2.25. The van der Waals surface area contributed by atoms with E-state index in [0.717, 1.165) is 24.5 Å². The number of nitrogens with zero attached hydrogens (tertiary/aromatic N) is 4. The van der Waals surface area contributed by atoms with Crippen molar-refractivity contribution in [3.8, 4) is 11.3 Å². The Labute approximate surface area is 146 Å². The lowest BCUT2D eigenvalue weighted by molar-refractivity contribution is 0.338. The number of hydrogen-bond donors (Lipinski definition) is 0. The first kappa shape index (κ1) is 15.7. The summed E-state index contributed by atoms with van der Waals surface area (Å²) in [5, 5.41) is 7.93. The van der Waals surface area contributed by atoms with Crippen LogP contribution in [-0.2, 0) is 6.54 Å². The molecule has 5 heteroatoms. The maximum absolute atomic E-state index is 15.4. The first-order valence-corrected chi connectivity index (χ1v) is 8.34. The van der Waals surface area contributed by atoms with Gasteiger partial charge in [-0.3, -0.25) is 0 Å². The van der Waals surface area contributed by atoms with Crippen LogP contribution in [-0.4, -0.2) is 35.2 Å². The highest BCUT2D eigenvalue weighted by Crippen LogP contribution is 2.36. The molecule has 0 radical (unpaired) electrons. The molecule has 2 aromatic carbocycles. The van der Waals surface area contributed by atoms with Crippen molar-refractivity contribution >= 4 is 11.4 Å². The Balaban J connectivity index is 1.86. The molecule has 1 aliphatic rings. The highest BCUT2D eigenvalue weighted by atomic mass is 19.1. The van der Waals surface area contributed by atoms with E-state index in [1.54, 1.807) is 24.4 Å². The zero-order chi connectivity index (χ0) is 17.2. The Bertz CT molecular complexity index is 868. The smallest absolute Gasteiger partial charge is 0.139 e. The van der Waals surface area contributed by atoms with Gasteiger partial charge in [-0.1, -0.05) is 18.2 Å². The molecule has 126 valence electrons. The monoisotopic (exact) mass is 334 g/mol. The average molecular weight is 334 g/mol. The second-order valence-electron chi connectivity index (χ2n) is 6.26. The molecule has 4 nitrogen and oxygen atoms in total. The summed E-state index contributed by atoms with van der Waals surface area (Å²) < 4.78 is 15.4. The van der Waals surface area contributed by atoms with E-state index in [1.165, 1.54) is 0 Å². The van der Waals surface area contributed by atoms with Gasteiger partial charge in [-0.15, -0.1) is 0 Å². The van der Waals surface area contributed by atoms with Gasteiger partial charge in [-0.2, -0.15) is 10.2 Å². The molecular formula is C20H19FN4. The van der Waals surface area contributed by atoms with Gasteiger partial charge in [0.1, 0.15) is 5.82 Å². The van der Waals surface area contributed by atoms with E-state index in [1.807, 2.05) is 31.3 Å². The Morgan fingerprint density at radius 3 is 2.56 bits per heavy atom. The summed E-state index contributed by atoms with van der Waals surface area (Å²) in [6, 6.07) is 17.5. The van der Waals surface area contributed by atoms with Crippen LogP contribution in [0.4, 0.5) is 15.8 Å². The van der Waals surface area contributed by atoms with E-state index in [4.69, 9.17) is 0 Å². The van der Waals surface area contributed by atoms with Crippen LogP contribution in [0.25, 0.3) is 11.3 Å². The van der Waals surface area contributed by atoms with Crippen molar-refractivity contribution in [1.29, 1.82) is 0 Å². The quantitative estimate of drug-likeness (QED) is 0.712. The Morgan fingerprint density at radius 2 is 1.80 bits per heavy atom. The number of hydrogen-bond acceptors (Lipinski definition) is 4. The van der Waals surface area contributed by atoms with Crippen LogP contribution in [0.3, 0.4) is 0 Å². The second-order valence-corrected chi connectivity index (χ2v) is 6.26. The lowest BCUT2D eigenvalue weighted by Crippen LogP contribution is -2.26. The largest absolute Gasteiger partial charge is 0.340 e. The summed E-state index contributed by atoms with van der Waals surface area (Å²) in [6.07, 6.45) is 1.59. The predicted octanol–water partition coefficient (Wildman–Crippen LogP) is 3.87. The van der Waals surface area contributed by atoms with Crippen molar-refractivity contribution in [2.45, 2.75) is 6.54 Å². The number of fused-ring (bicyclic) bond motifs is 1. The van der Waals surface area contributed by atoms with Gasteiger partial charge in [0.05, 0.1) is 5.69 Å². The number of aromatic nitrogens is 2. The fraction of sp³-hybridized carbons (Fsp3) is 0.200. The van der Waals surface area contributed by atoms with Crippen molar-refractivity contribution in [3.05, 3.63) is 72.2 Å². The number of rotatable bonds is 2. The Morgan fingerprint density at radius 1 is 0.960 bits per heavy atom. The van der Waals surface area contributed by atoms with Crippen LogP contribution in [0.2, 0.25) is 0 Å². The third-order valence-electron chi connectivity index (χ3n) is 4.56. The van der Waals surface area contributed by atoms with Crippen LogP contribution in [0.15, 0.2) is 60.8 Å². The molecule has 0 aliphatic carbocycles. The molecule has 25 heavy (non-hydrogen) atoms. The van der Waals surface area contributed by atoms with Gasteiger partial charge in [0.15, 0.2) is 0 Å². The van der Waals surface area contributed by atoms with Crippen LogP contribution < -0.4 is 4.90 Å². The SMILES string of the molecule is CN1CCN(c2ccccc2)c2ccc(-c3cccnn3)c(F)c2C1. The number of anilines is 2. The molecule has 0 spiro atoms. The Hall–Kier alpha value is -2.79. The van der Waals surface area contributed by atoms with Crippen molar-refractivity contribution in [1.82, 2.24) is 15.1 Å². The maximum atomic E-state index is 15.4. The zero-order valence-corrected chi connectivity index (χ0v) is 14.1. The lowest BCUT2D eigenvalue weighted by atomic mass is 10.0. The molecule has 0 saturated carbocycles. The topological polar surface area (TPSA) is 32.3 Å². The zero-order valence-electron chi connectivity index (χ0n) is 14.1. The van der Waals surface area contributed by atoms with Gasteiger partial charge in [-0.25, -0.2) is 4.39 Å². The van der Waals surface area contributed by atoms with E-state index in [2.05, 4.69) is 32.1 Å². The minimum absolute atomic E-state index is 0.215. The number of likely N-dealkylation sites (N-methyl/N-ethyl adjacent to an activating group) is 1. The molecule has 3 aromatic rings. The van der Waals surface area contributed by atoms with Gasteiger partial charge < -0.3 is 9.80 Å². The molecule has 0 atom stereocenters. The van der Waals surface area contributed by atoms with Crippen LogP contribution in [0.5, 0.6) is 0 Å². The molecule has 0 saturated heterocycles. The van der Waals surface area contributed by atoms with Crippen LogP contribution >= 0.6 is 0 Å². The van der Waals surface area contributed by atoms with Gasteiger partial charge in [0.25, 0.3) is 0 Å². The van der Waals surface area contributed by atoms with Gasteiger partial charge in [0, 0.05) is 48.3 Å². The average Bonchev–Trinajstić information content (AvgIpc) is 2.83. The summed E-state index contributed by atoms with van der Waals surface area (Å²) in [5.74, 6) is -0.215. The molecule has 0 amide bonds. The molecular weight excluding hydrogens is 315 g/mol. The normalized spacial score (nSPS) is 14.9. The summed E-state index contributed by atoms with van der Waals surface area (Å²) >= 11 is 0. The minimum Gasteiger partial charge on any atom is -0.340 e. The first-order valence-electron chi connectivity index (χ1n) is 8.34. The Kier molecular flexibility index (Phi) is 4.15. The van der Waals surface area contributed by atoms with Gasteiger partial charge in [0.2, 0.25) is 0 Å². The highest BCUT2D eigenvalue weighted by molar-refractivity contribution is 5.72. The van der Waals surface area contributed by atoms with Crippen molar-refractivity contribution in [2.75, 3.05) is 25.0 Å². The predicted molar refractivity (Wildman–Crippen MR) is 97.2 cm³/mol. The van der Waals surface area contributed by atoms with Crippen molar-refractivity contribution in [2.24, 2.45) is 0 Å². The van der Waals surface area contributed by atoms with E-state index < -0.39 is 0 Å². The minimum atomic E-state index is -0.215. The number of halogens is 1. The first-order chi connectivity index (χ1) is 12.2. The fourth-order valence-corrected chi connectivity index (χ4v) is 3.27. The second kappa shape index (κ2) is 6.61. The number of benzene rings is 2.